The topological polar surface area (TPSA) is 38.8 Å². The minimum absolute atomic E-state index is 0.231. The number of carbonyl (C=O) groups excluding carboxylic acids is 1. The van der Waals surface area contributed by atoms with Gasteiger partial charge >= 0.3 is 0 Å². The van der Waals surface area contributed by atoms with Crippen LogP contribution in [0.1, 0.15) is 26.2 Å². The average Bonchev–Trinajstić information content (AvgIpc) is 2.28. The van der Waals surface area contributed by atoms with Gasteiger partial charge in [0.2, 0.25) is 5.91 Å². The molecular formula is C11H23NO3. The molecule has 0 aliphatic carbocycles. The van der Waals surface area contributed by atoms with Gasteiger partial charge < -0.3 is 14.4 Å². The molecule has 0 saturated carbocycles. The van der Waals surface area contributed by atoms with E-state index < -0.39 is 0 Å². The van der Waals surface area contributed by atoms with Crippen LogP contribution in [-0.4, -0.2) is 51.3 Å². The predicted octanol–water partition coefficient (Wildman–Crippen LogP) is 1.30. The minimum atomic E-state index is 0.231. The van der Waals surface area contributed by atoms with E-state index in [2.05, 4.69) is 9.47 Å². The number of hydrogen-bond acceptors (Lipinski definition) is 3. The second kappa shape index (κ2) is 9.93. The first-order valence-corrected chi connectivity index (χ1v) is 5.45. The third-order valence-electron chi connectivity index (χ3n) is 2.29. The van der Waals surface area contributed by atoms with Gasteiger partial charge in [-0.05, 0) is 19.3 Å². The standard InChI is InChI=1S/C7H13NO.C4H10O2/c1-7(9)8-5-3-2-4-6-8;1-5-3-4-6-2/h2-6H2,1H3;3-4H2,1-2H3. The molecule has 1 fully saturated rings. The summed E-state index contributed by atoms with van der Waals surface area (Å²) < 4.78 is 9.31. The molecule has 1 amide bonds. The maximum Gasteiger partial charge on any atom is 0.219 e. The molecule has 0 bridgehead atoms. The summed E-state index contributed by atoms with van der Waals surface area (Å²) in [7, 11) is 3.30. The summed E-state index contributed by atoms with van der Waals surface area (Å²) in [6.45, 7) is 4.99. The summed E-state index contributed by atoms with van der Waals surface area (Å²) in [5.41, 5.74) is 0. The fourth-order valence-corrected chi connectivity index (χ4v) is 1.38. The number of methoxy groups -OCH3 is 2. The van der Waals surface area contributed by atoms with E-state index in [1.54, 1.807) is 21.1 Å². The maximum absolute atomic E-state index is 10.7. The lowest BCUT2D eigenvalue weighted by molar-refractivity contribution is -0.129. The van der Waals surface area contributed by atoms with Gasteiger partial charge in [-0.25, -0.2) is 0 Å². The summed E-state index contributed by atoms with van der Waals surface area (Å²) in [4.78, 5) is 12.6. The molecule has 1 rings (SSSR count). The van der Waals surface area contributed by atoms with E-state index in [4.69, 9.17) is 0 Å². The van der Waals surface area contributed by atoms with Gasteiger partial charge in [0.25, 0.3) is 0 Å². The molecular weight excluding hydrogens is 194 g/mol. The van der Waals surface area contributed by atoms with Crippen LogP contribution in [-0.2, 0) is 14.3 Å². The van der Waals surface area contributed by atoms with Crippen molar-refractivity contribution in [3.8, 4) is 0 Å². The van der Waals surface area contributed by atoms with Crippen molar-refractivity contribution in [2.75, 3.05) is 40.5 Å². The molecule has 0 N–H and O–H groups in total. The van der Waals surface area contributed by atoms with Gasteiger partial charge in [-0.15, -0.1) is 0 Å². The van der Waals surface area contributed by atoms with E-state index in [9.17, 15) is 4.79 Å². The van der Waals surface area contributed by atoms with Crippen LogP contribution in [0, 0.1) is 0 Å². The molecule has 90 valence electrons. The van der Waals surface area contributed by atoms with E-state index in [0.29, 0.717) is 13.2 Å². The van der Waals surface area contributed by atoms with Crippen molar-refractivity contribution in [1.29, 1.82) is 0 Å². The molecule has 1 aliphatic heterocycles. The molecule has 1 aliphatic rings. The molecule has 4 heteroatoms. The summed E-state index contributed by atoms with van der Waals surface area (Å²) in [5, 5.41) is 0. The van der Waals surface area contributed by atoms with Gasteiger partial charge in [0.05, 0.1) is 13.2 Å². The fourth-order valence-electron chi connectivity index (χ4n) is 1.38. The summed E-state index contributed by atoms with van der Waals surface area (Å²) in [6, 6.07) is 0. The molecule has 15 heavy (non-hydrogen) atoms. The molecule has 0 unspecified atom stereocenters. The van der Waals surface area contributed by atoms with Gasteiger partial charge in [0, 0.05) is 34.2 Å². The van der Waals surface area contributed by atoms with Gasteiger partial charge in [-0.2, -0.15) is 0 Å². The van der Waals surface area contributed by atoms with Gasteiger partial charge in [0.15, 0.2) is 0 Å². The first kappa shape index (κ1) is 14.4. The van der Waals surface area contributed by atoms with Crippen LogP contribution in [0.5, 0.6) is 0 Å². The third kappa shape index (κ3) is 8.39. The zero-order chi connectivity index (χ0) is 11.5. The monoisotopic (exact) mass is 217 g/mol. The van der Waals surface area contributed by atoms with Gasteiger partial charge in [-0.1, -0.05) is 0 Å². The Hall–Kier alpha value is -0.610. The minimum Gasteiger partial charge on any atom is -0.382 e. The average molecular weight is 217 g/mol. The molecule has 0 radical (unpaired) electrons. The highest BCUT2D eigenvalue weighted by molar-refractivity contribution is 5.73. The first-order chi connectivity index (χ1) is 7.22. The lowest BCUT2D eigenvalue weighted by atomic mass is 10.1. The van der Waals surface area contributed by atoms with Crippen molar-refractivity contribution in [2.24, 2.45) is 0 Å². The Morgan fingerprint density at radius 1 is 1.07 bits per heavy atom. The Balaban J connectivity index is 0.000000288. The zero-order valence-corrected chi connectivity index (χ0v) is 10.1. The van der Waals surface area contributed by atoms with Crippen molar-refractivity contribution in [1.82, 2.24) is 4.90 Å². The van der Waals surface area contributed by atoms with E-state index in [1.807, 2.05) is 4.90 Å². The van der Waals surface area contributed by atoms with Crippen LogP contribution in [0.15, 0.2) is 0 Å². The Bertz CT molecular complexity index is 152. The molecule has 0 atom stereocenters. The lowest BCUT2D eigenvalue weighted by Crippen LogP contribution is -2.33. The van der Waals surface area contributed by atoms with Crippen LogP contribution in [0.3, 0.4) is 0 Å². The number of likely N-dealkylation sites (tertiary alicyclic amines) is 1. The van der Waals surface area contributed by atoms with Gasteiger partial charge in [-0.3, -0.25) is 4.79 Å². The molecule has 1 saturated heterocycles. The number of amides is 1. The number of rotatable bonds is 3. The van der Waals surface area contributed by atoms with E-state index in [-0.39, 0.29) is 5.91 Å². The highest BCUT2D eigenvalue weighted by atomic mass is 16.5. The quantitative estimate of drug-likeness (QED) is 0.669. The zero-order valence-electron chi connectivity index (χ0n) is 10.1. The van der Waals surface area contributed by atoms with Crippen molar-refractivity contribution in [3.05, 3.63) is 0 Å². The van der Waals surface area contributed by atoms with Crippen LogP contribution in [0.2, 0.25) is 0 Å². The SMILES string of the molecule is CC(=O)N1CCCCC1.COCCOC. The predicted molar refractivity (Wildman–Crippen MR) is 59.9 cm³/mol. The highest BCUT2D eigenvalue weighted by Crippen LogP contribution is 2.07. The Morgan fingerprint density at radius 2 is 1.53 bits per heavy atom. The van der Waals surface area contributed by atoms with Crippen molar-refractivity contribution in [2.45, 2.75) is 26.2 Å². The van der Waals surface area contributed by atoms with Crippen LogP contribution in [0.25, 0.3) is 0 Å². The van der Waals surface area contributed by atoms with Gasteiger partial charge in [0.1, 0.15) is 0 Å². The summed E-state index contributed by atoms with van der Waals surface area (Å²) >= 11 is 0. The van der Waals surface area contributed by atoms with Crippen LogP contribution >= 0.6 is 0 Å². The first-order valence-electron chi connectivity index (χ1n) is 5.45. The summed E-state index contributed by atoms with van der Waals surface area (Å²) in [6.07, 6.45) is 3.68. The summed E-state index contributed by atoms with van der Waals surface area (Å²) in [5.74, 6) is 0.231. The number of carbonyl (C=O) groups is 1. The Labute approximate surface area is 92.5 Å². The van der Waals surface area contributed by atoms with Crippen molar-refractivity contribution < 1.29 is 14.3 Å². The van der Waals surface area contributed by atoms with E-state index >= 15 is 0 Å². The number of ether oxygens (including phenoxy) is 2. The van der Waals surface area contributed by atoms with Crippen LogP contribution < -0.4 is 0 Å². The Kier molecular flexibility index (Phi) is 9.52. The largest absolute Gasteiger partial charge is 0.382 e. The number of nitrogens with zero attached hydrogens (tertiary/aromatic N) is 1. The molecule has 0 spiro atoms. The highest BCUT2D eigenvalue weighted by Gasteiger charge is 2.10. The second-order valence-corrected chi connectivity index (χ2v) is 3.55. The molecule has 0 aromatic carbocycles. The van der Waals surface area contributed by atoms with E-state index in [0.717, 1.165) is 13.1 Å². The van der Waals surface area contributed by atoms with Crippen molar-refractivity contribution >= 4 is 5.91 Å². The normalized spacial score (nSPS) is 15.5. The fraction of sp³-hybridized carbons (Fsp3) is 0.909. The molecule has 4 nitrogen and oxygen atoms in total. The lowest BCUT2D eigenvalue weighted by Gasteiger charge is -2.24. The third-order valence-corrected chi connectivity index (χ3v) is 2.29. The number of piperidine rings is 1. The Morgan fingerprint density at radius 3 is 1.80 bits per heavy atom. The number of hydrogen-bond donors (Lipinski definition) is 0. The van der Waals surface area contributed by atoms with Crippen molar-refractivity contribution in [3.63, 3.8) is 0 Å². The smallest absolute Gasteiger partial charge is 0.219 e. The second-order valence-electron chi connectivity index (χ2n) is 3.55. The van der Waals surface area contributed by atoms with Crippen LogP contribution in [0.4, 0.5) is 0 Å². The molecule has 0 aromatic rings. The van der Waals surface area contributed by atoms with E-state index in [1.165, 1.54) is 19.3 Å². The molecule has 1 heterocycles. The molecule has 0 aromatic heterocycles. The maximum atomic E-state index is 10.7.